The lowest BCUT2D eigenvalue weighted by Gasteiger charge is -2.41. The summed E-state index contributed by atoms with van der Waals surface area (Å²) in [6, 6.07) is 0. The topological polar surface area (TPSA) is 43.8 Å². The minimum Gasteiger partial charge on any atom is -0.396 e. The van der Waals surface area contributed by atoms with Crippen LogP contribution in [0.15, 0.2) is 0 Å². The number of rotatable bonds is 4. The Balaban J connectivity index is 2.62. The molecule has 1 saturated heterocycles. The van der Waals surface area contributed by atoms with Gasteiger partial charge in [-0.3, -0.25) is 9.80 Å². The summed E-state index contributed by atoms with van der Waals surface area (Å²) in [5.74, 6) is 0.206. The molecule has 0 spiro atoms. The highest BCUT2D eigenvalue weighted by Crippen LogP contribution is 2.20. The minimum atomic E-state index is -0.148. The van der Waals surface area contributed by atoms with E-state index in [1.165, 1.54) is 0 Å². The van der Waals surface area contributed by atoms with Crippen LogP contribution in [0.5, 0.6) is 0 Å². The number of hydrazine groups is 1. The summed E-state index contributed by atoms with van der Waals surface area (Å²) in [4.78, 5) is 11.6. The molecule has 15 heavy (non-hydrogen) atoms. The molecule has 0 bridgehead atoms. The summed E-state index contributed by atoms with van der Waals surface area (Å²) < 4.78 is 0. The van der Waals surface area contributed by atoms with E-state index in [-0.39, 0.29) is 17.9 Å². The molecule has 0 aliphatic carbocycles. The summed E-state index contributed by atoms with van der Waals surface area (Å²) in [5.41, 5.74) is -0.148. The molecule has 1 fully saturated rings. The largest absolute Gasteiger partial charge is 0.396 e. The van der Waals surface area contributed by atoms with Crippen molar-refractivity contribution in [3.05, 3.63) is 0 Å². The molecule has 0 unspecified atom stereocenters. The zero-order valence-corrected chi connectivity index (χ0v) is 9.99. The Kier molecular flexibility index (Phi) is 4.11. The van der Waals surface area contributed by atoms with Crippen molar-refractivity contribution in [1.82, 2.24) is 10.0 Å². The van der Waals surface area contributed by atoms with Crippen LogP contribution in [0.4, 0.5) is 0 Å². The van der Waals surface area contributed by atoms with Gasteiger partial charge in [0.05, 0.1) is 0 Å². The van der Waals surface area contributed by atoms with Gasteiger partial charge in [0.1, 0.15) is 0 Å². The van der Waals surface area contributed by atoms with Crippen LogP contribution in [-0.2, 0) is 4.79 Å². The number of nitrogens with zero attached hydrogens (tertiary/aromatic N) is 2. The van der Waals surface area contributed by atoms with Gasteiger partial charge in [-0.1, -0.05) is 13.8 Å². The first-order valence-corrected chi connectivity index (χ1v) is 5.66. The number of aliphatic hydroxyl groups excluding tert-OH is 1. The van der Waals surface area contributed by atoms with Gasteiger partial charge in [0.25, 0.3) is 0 Å². The Bertz CT molecular complexity index is 229. The molecule has 88 valence electrons. The second-order valence-electron chi connectivity index (χ2n) is 4.92. The monoisotopic (exact) mass is 214 g/mol. The van der Waals surface area contributed by atoms with Gasteiger partial charge in [-0.05, 0) is 13.3 Å². The van der Waals surface area contributed by atoms with Crippen LogP contribution < -0.4 is 0 Å². The predicted molar refractivity (Wildman–Crippen MR) is 59.1 cm³/mol. The smallest absolute Gasteiger partial charge is 0.236 e. The average Bonchev–Trinajstić information content (AvgIpc) is 2.18. The highest BCUT2D eigenvalue weighted by Gasteiger charge is 2.29. The molecular formula is C11H22N2O2. The Morgan fingerprint density at radius 3 is 2.67 bits per heavy atom. The maximum atomic E-state index is 11.6. The molecule has 1 amide bonds. The van der Waals surface area contributed by atoms with E-state index < -0.39 is 0 Å². The molecule has 1 N–H and O–H groups in total. The summed E-state index contributed by atoms with van der Waals surface area (Å²) in [5, 5.41) is 13.1. The van der Waals surface area contributed by atoms with Gasteiger partial charge < -0.3 is 5.11 Å². The molecular weight excluding hydrogens is 192 g/mol. The Hall–Kier alpha value is -0.610. The number of aliphatic hydroxyl groups is 1. The van der Waals surface area contributed by atoms with Gasteiger partial charge in [-0.25, -0.2) is 5.01 Å². The first kappa shape index (κ1) is 12.5. The van der Waals surface area contributed by atoms with Crippen molar-refractivity contribution in [2.24, 2.45) is 5.41 Å². The van der Waals surface area contributed by atoms with Crippen LogP contribution >= 0.6 is 0 Å². The quantitative estimate of drug-likeness (QED) is 0.755. The lowest BCUT2D eigenvalue weighted by Crippen LogP contribution is -2.53. The molecule has 0 aromatic heterocycles. The van der Waals surface area contributed by atoms with Gasteiger partial charge in [0.15, 0.2) is 0 Å². The fraction of sp³-hybridized carbons (Fsp3) is 0.909. The maximum Gasteiger partial charge on any atom is 0.236 e. The van der Waals surface area contributed by atoms with E-state index in [0.29, 0.717) is 6.42 Å². The minimum absolute atomic E-state index is 0.148. The van der Waals surface area contributed by atoms with Crippen LogP contribution in [0.25, 0.3) is 0 Å². The molecule has 0 aromatic carbocycles. The number of carbonyl (C=O) groups is 1. The van der Waals surface area contributed by atoms with Crippen molar-refractivity contribution >= 4 is 5.91 Å². The molecule has 0 aromatic rings. The van der Waals surface area contributed by atoms with Crippen molar-refractivity contribution in [1.29, 1.82) is 0 Å². The van der Waals surface area contributed by atoms with Crippen molar-refractivity contribution < 1.29 is 9.90 Å². The summed E-state index contributed by atoms with van der Waals surface area (Å²) >= 11 is 0. The van der Waals surface area contributed by atoms with E-state index in [2.05, 4.69) is 5.01 Å². The van der Waals surface area contributed by atoms with Crippen molar-refractivity contribution in [3.63, 3.8) is 0 Å². The van der Waals surface area contributed by atoms with Gasteiger partial charge in [0.2, 0.25) is 5.91 Å². The molecule has 0 radical (unpaired) electrons. The molecule has 1 heterocycles. The third-order valence-corrected chi connectivity index (χ3v) is 2.77. The second-order valence-corrected chi connectivity index (χ2v) is 4.92. The number of amides is 1. The van der Waals surface area contributed by atoms with Crippen LogP contribution in [0.3, 0.4) is 0 Å². The molecule has 0 atom stereocenters. The van der Waals surface area contributed by atoms with Crippen LogP contribution in [0.1, 0.15) is 33.6 Å². The standard InChI is InChI=1S/C11H22N2O2/c1-4-13-10(15)6-5-7-12(13)8-11(2,3)9-14/h14H,4-9H2,1-3H3. The molecule has 1 aliphatic heterocycles. The normalized spacial score (nSPS) is 19.7. The van der Waals surface area contributed by atoms with Gasteiger partial charge in [-0.2, -0.15) is 0 Å². The van der Waals surface area contributed by atoms with E-state index in [9.17, 15) is 9.90 Å². The van der Waals surface area contributed by atoms with E-state index >= 15 is 0 Å². The summed E-state index contributed by atoms with van der Waals surface area (Å²) in [6.45, 7) is 8.55. The third kappa shape index (κ3) is 3.18. The maximum absolute atomic E-state index is 11.6. The van der Waals surface area contributed by atoms with Crippen molar-refractivity contribution in [3.8, 4) is 0 Å². The highest BCUT2D eigenvalue weighted by molar-refractivity contribution is 5.76. The Morgan fingerprint density at radius 1 is 1.47 bits per heavy atom. The zero-order valence-electron chi connectivity index (χ0n) is 9.99. The third-order valence-electron chi connectivity index (χ3n) is 2.77. The van der Waals surface area contributed by atoms with Gasteiger partial charge in [0, 0.05) is 38.1 Å². The van der Waals surface area contributed by atoms with Crippen LogP contribution in [-0.4, -0.2) is 47.3 Å². The van der Waals surface area contributed by atoms with Crippen molar-refractivity contribution in [2.75, 3.05) is 26.2 Å². The molecule has 4 heteroatoms. The lowest BCUT2D eigenvalue weighted by molar-refractivity contribution is -0.158. The van der Waals surface area contributed by atoms with Crippen molar-refractivity contribution in [2.45, 2.75) is 33.6 Å². The lowest BCUT2D eigenvalue weighted by atomic mass is 9.94. The van der Waals surface area contributed by atoms with Gasteiger partial charge >= 0.3 is 0 Å². The molecule has 4 nitrogen and oxygen atoms in total. The van der Waals surface area contributed by atoms with Gasteiger partial charge in [-0.15, -0.1) is 0 Å². The molecule has 1 rings (SSSR count). The first-order valence-electron chi connectivity index (χ1n) is 5.66. The number of hydrogen-bond donors (Lipinski definition) is 1. The highest BCUT2D eigenvalue weighted by atomic mass is 16.3. The molecule has 1 aliphatic rings. The average molecular weight is 214 g/mol. The van der Waals surface area contributed by atoms with Crippen LogP contribution in [0.2, 0.25) is 0 Å². The molecule has 0 saturated carbocycles. The fourth-order valence-electron chi connectivity index (χ4n) is 1.91. The number of hydrogen-bond acceptors (Lipinski definition) is 3. The second kappa shape index (κ2) is 4.94. The van der Waals surface area contributed by atoms with E-state index in [0.717, 1.165) is 26.1 Å². The van der Waals surface area contributed by atoms with E-state index in [1.54, 1.807) is 5.01 Å². The summed E-state index contributed by atoms with van der Waals surface area (Å²) in [7, 11) is 0. The number of carbonyl (C=O) groups excluding carboxylic acids is 1. The van der Waals surface area contributed by atoms with E-state index in [1.807, 2.05) is 20.8 Å². The summed E-state index contributed by atoms with van der Waals surface area (Å²) in [6.07, 6.45) is 1.58. The predicted octanol–water partition coefficient (Wildman–Crippen LogP) is 0.864. The fourth-order valence-corrected chi connectivity index (χ4v) is 1.91. The Labute approximate surface area is 91.8 Å². The first-order chi connectivity index (χ1) is 7.00. The van der Waals surface area contributed by atoms with E-state index in [4.69, 9.17) is 0 Å². The SMILES string of the molecule is CCN1C(=O)CCCN1CC(C)(C)CO. The van der Waals surface area contributed by atoms with Crippen LogP contribution in [0, 0.1) is 5.41 Å². The zero-order chi connectivity index (χ0) is 11.5. The Morgan fingerprint density at radius 2 is 2.13 bits per heavy atom.